The molecule has 8 nitrogen and oxygen atoms in total. The average Bonchev–Trinajstić information content (AvgIpc) is 3.26. The maximum atomic E-state index is 12.7. The minimum atomic E-state index is -0.426. The van der Waals surface area contributed by atoms with Gasteiger partial charge in [-0.2, -0.15) is 0 Å². The quantitative estimate of drug-likeness (QED) is 0.542. The number of aromatic nitrogens is 1. The van der Waals surface area contributed by atoms with Crippen molar-refractivity contribution < 1.29 is 14.3 Å². The molecule has 0 radical (unpaired) electrons. The molecule has 1 fully saturated rings. The smallest absolute Gasteiger partial charge is 0.325 e. The standard InChI is InChI=1S/C23H24ClN5O3S/c1-32-20-5-3-2-4-19(20)26-22(31)27-23-25-17(15-33-23)14-21(30)29-12-10-28(11-13-29)18-8-6-16(24)7-9-18/h2-9,15H,10-14H2,1H3,(H2,25,26,27,31). The van der Waals surface area contributed by atoms with Gasteiger partial charge in [0.1, 0.15) is 5.75 Å². The number of amides is 3. The minimum Gasteiger partial charge on any atom is -0.495 e. The van der Waals surface area contributed by atoms with E-state index in [1.807, 2.05) is 35.2 Å². The van der Waals surface area contributed by atoms with E-state index in [4.69, 9.17) is 16.3 Å². The van der Waals surface area contributed by atoms with Gasteiger partial charge in [0.2, 0.25) is 5.91 Å². The van der Waals surface area contributed by atoms with Crippen LogP contribution in [0, 0.1) is 0 Å². The zero-order valence-corrected chi connectivity index (χ0v) is 19.7. The van der Waals surface area contributed by atoms with Gasteiger partial charge in [0, 0.05) is 42.3 Å². The number of urea groups is 1. The molecule has 0 unspecified atom stereocenters. The Labute approximate surface area is 201 Å². The molecule has 0 atom stereocenters. The zero-order valence-electron chi connectivity index (χ0n) is 18.1. The van der Waals surface area contributed by atoms with Crippen LogP contribution in [-0.2, 0) is 11.2 Å². The highest BCUT2D eigenvalue weighted by Crippen LogP contribution is 2.24. The lowest BCUT2D eigenvalue weighted by Gasteiger charge is -2.36. The van der Waals surface area contributed by atoms with Crippen molar-refractivity contribution in [2.45, 2.75) is 6.42 Å². The van der Waals surface area contributed by atoms with Crippen LogP contribution in [-0.4, -0.2) is 55.1 Å². The van der Waals surface area contributed by atoms with Gasteiger partial charge in [-0.05, 0) is 36.4 Å². The molecule has 2 heterocycles. The van der Waals surface area contributed by atoms with Gasteiger partial charge >= 0.3 is 6.03 Å². The van der Waals surface area contributed by atoms with Crippen LogP contribution in [0.2, 0.25) is 5.02 Å². The second-order valence-corrected chi connectivity index (χ2v) is 8.74. The maximum absolute atomic E-state index is 12.7. The molecule has 2 aromatic carbocycles. The van der Waals surface area contributed by atoms with Crippen molar-refractivity contribution in [2.24, 2.45) is 0 Å². The molecule has 3 aromatic rings. The van der Waals surface area contributed by atoms with E-state index < -0.39 is 6.03 Å². The second-order valence-electron chi connectivity index (χ2n) is 7.44. The van der Waals surface area contributed by atoms with Crippen LogP contribution < -0.4 is 20.3 Å². The summed E-state index contributed by atoms with van der Waals surface area (Å²) in [5.41, 5.74) is 2.30. The van der Waals surface area contributed by atoms with Crippen LogP contribution >= 0.6 is 22.9 Å². The first kappa shape index (κ1) is 22.9. The van der Waals surface area contributed by atoms with Gasteiger partial charge in [0.15, 0.2) is 5.13 Å². The fraction of sp³-hybridized carbons (Fsp3) is 0.261. The van der Waals surface area contributed by atoms with Gasteiger partial charge in [0.25, 0.3) is 0 Å². The highest BCUT2D eigenvalue weighted by atomic mass is 35.5. The fourth-order valence-electron chi connectivity index (χ4n) is 3.58. The summed E-state index contributed by atoms with van der Waals surface area (Å²) in [5, 5.41) is 8.37. The Morgan fingerprint density at radius 3 is 2.52 bits per heavy atom. The highest BCUT2D eigenvalue weighted by Gasteiger charge is 2.22. The number of benzene rings is 2. The van der Waals surface area contributed by atoms with Crippen LogP contribution in [0.3, 0.4) is 0 Å². The number of carbonyl (C=O) groups is 2. The van der Waals surface area contributed by atoms with Crippen molar-refractivity contribution in [3.63, 3.8) is 0 Å². The number of para-hydroxylation sites is 2. The first-order valence-electron chi connectivity index (χ1n) is 10.5. The molecule has 1 aromatic heterocycles. The summed E-state index contributed by atoms with van der Waals surface area (Å²) < 4.78 is 5.23. The van der Waals surface area contributed by atoms with Gasteiger partial charge in [-0.15, -0.1) is 11.3 Å². The maximum Gasteiger partial charge on any atom is 0.325 e. The summed E-state index contributed by atoms with van der Waals surface area (Å²) in [6, 6.07) is 14.4. The Kier molecular flexibility index (Phi) is 7.31. The third-order valence-electron chi connectivity index (χ3n) is 5.28. The van der Waals surface area contributed by atoms with Crippen molar-refractivity contribution in [1.29, 1.82) is 0 Å². The summed E-state index contributed by atoms with van der Waals surface area (Å²) in [7, 11) is 1.54. The van der Waals surface area contributed by atoms with E-state index in [9.17, 15) is 9.59 Å². The third kappa shape index (κ3) is 5.94. The molecular weight excluding hydrogens is 462 g/mol. The lowest BCUT2D eigenvalue weighted by Crippen LogP contribution is -2.49. The van der Waals surface area contributed by atoms with Gasteiger partial charge < -0.3 is 19.9 Å². The molecule has 0 spiro atoms. The predicted molar refractivity (Wildman–Crippen MR) is 132 cm³/mol. The lowest BCUT2D eigenvalue weighted by molar-refractivity contribution is -0.130. The normalized spacial score (nSPS) is 13.5. The number of carbonyl (C=O) groups excluding carboxylic acids is 2. The number of methoxy groups -OCH3 is 1. The van der Waals surface area contributed by atoms with Crippen molar-refractivity contribution in [2.75, 3.05) is 48.8 Å². The van der Waals surface area contributed by atoms with Gasteiger partial charge in [-0.3, -0.25) is 10.1 Å². The molecule has 1 aliphatic heterocycles. The molecule has 3 amide bonds. The summed E-state index contributed by atoms with van der Waals surface area (Å²) >= 11 is 7.24. The summed E-state index contributed by atoms with van der Waals surface area (Å²) in [6.07, 6.45) is 0.202. The number of piperazine rings is 1. The Balaban J connectivity index is 1.26. The monoisotopic (exact) mass is 485 g/mol. The van der Waals surface area contributed by atoms with Crippen molar-refractivity contribution in [3.8, 4) is 5.75 Å². The predicted octanol–water partition coefficient (Wildman–Crippen LogP) is 4.34. The van der Waals surface area contributed by atoms with E-state index in [1.54, 1.807) is 30.7 Å². The Hall–Kier alpha value is -3.30. The molecule has 0 bridgehead atoms. The zero-order chi connectivity index (χ0) is 23.2. The first-order chi connectivity index (χ1) is 16.0. The molecule has 4 rings (SSSR count). The Bertz CT molecular complexity index is 1110. The Morgan fingerprint density at radius 1 is 1.06 bits per heavy atom. The van der Waals surface area contributed by atoms with E-state index >= 15 is 0 Å². The number of ether oxygens (including phenoxy) is 1. The Morgan fingerprint density at radius 2 is 1.79 bits per heavy atom. The van der Waals surface area contributed by atoms with E-state index in [2.05, 4.69) is 20.5 Å². The summed E-state index contributed by atoms with van der Waals surface area (Å²) in [5.74, 6) is 0.593. The molecule has 0 aliphatic carbocycles. The average molecular weight is 486 g/mol. The molecule has 0 saturated carbocycles. The number of anilines is 3. The van der Waals surface area contributed by atoms with Crippen LogP contribution in [0.4, 0.5) is 21.3 Å². The third-order valence-corrected chi connectivity index (χ3v) is 6.34. The topological polar surface area (TPSA) is 86.8 Å². The molecule has 1 aliphatic rings. The molecule has 33 heavy (non-hydrogen) atoms. The van der Waals surface area contributed by atoms with Crippen LogP contribution in [0.25, 0.3) is 0 Å². The molecule has 2 N–H and O–H groups in total. The van der Waals surface area contributed by atoms with Gasteiger partial charge in [-0.1, -0.05) is 23.7 Å². The molecule has 10 heteroatoms. The number of nitrogens with zero attached hydrogens (tertiary/aromatic N) is 3. The SMILES string of the molecule is COc1ccccc1NC(=O)Nc1nc(CC(=O)N2CCN(c3ccc(Cl)cc3)CC2)cs1. The minimum absolute atomic E-state index is 0.0288. The first-order valence-corrected chi connectivity index (χ1v) is 11.7. The number of nitrogens with one attached hydrogen (secondary N) is 2. The van der Waals surface area contributed by atoms with Crippen LogP contribution in [0.1, 0.15) is 5.69 Å². The number of hydrogen-bond acceptors (Lipinski definition) is 6. The number of thiazole rings is 1. The van der Waals surface area contributed by atoms with Gasteiger partial charge in [0.05, 0.1) is 24.9 Å². The largest absolute Gasteiger partial charge is 0.495 e. The van der Waals surface area contributed by atoms with E-state index in [1.165, 1.54) is 11.3 Å². The molecule has 172 valence electrons. The number of rotatable bonds is 6. The van der Waals surface area contributed by atoms with E-state index in [0.717, 1.165) is 18.8 Å². The number of hydrogen-bond donors (Lipinski definition) is 2. The molecular formula is C23H24ClN5O3S. The second kappa shape index (κ2) is 10.5. The van der Waals surface area contributed by atoms with Crippen molar-refractivity contribution in [1.82, 2.24) is 9.88 Å². The van der Waals surface area contributed by atoms with E-state index in [0.29, 0.717) is 40.4 Å². The van der Waals surface area contributed by atoms with Gasteiger partial charge in [-0.25, -0.2) is 9.78 Å². The number of halogens is 1. The highest BCUT2D eigenvalue weighted by molar-refractivity contribution is 7.14. The fourth-order valence-corrected chi connectivity index (χ4v) is 4.41. The molecule has 1 saturated heterocycles. The van der Waals surface area contributed by atoms with Crippen LogP contribution in [0.15, 0.2) is 53.9 Å². The van der Waals surface area contributed by atoms with E-state index in [-0.39, 0.29) is 12.3 Å². The lowest BCUT2D eigenvalue weighted by atomic mass is 10.2. The van der Waals surface area contributed by atoms with Crippen molar-refractivity contribution in [3.05, 3.63) is 64.6 Å². The van der Waals surface area contributed by atoms with Crippen molar-refractivity contribution >= 4 is 51.4 Å². The summed E-state index contributed by atoms with van der Waals surface area (Å²) in [4.78, 5) is 33.5. The summed E-state index contributed by atoms with van der Waals surface area (Å²) in [6.45, 7) is 2.83. The van der Waals surface area contributed by atoms with Crippen LogP contribution in [0.5, 0.6) is 5.75 Å².